The second-order valence-electron chi connectivity index (χ2n) is 4.49. The van der Waals surface area contributed by atoms with Gasteiger partial charge in [0.05, 0.1) is 5.52 Å². The van der Waals surface area contributed by atoms with E-state index in [0.29, 0.717) is 24.1 Å². The molecule has 0 spiro atoms. The van der Waals surface area contributed by atoms with Crippen molar-refractivity contribution in [3.63, 3.8) is 0 Å². The Labute approximate surface area is 122 Å². The first-order valence-corrected chi connectivity index (χ1v) is 6.94. The Balaban J connectivity index is 2.14. The van der Waals surface area contributed by atoms with Crippen LogP contribution in [0.15, 0.2) is 32.0 Å². The second kappa shape index (κ2) is 4.92. The number of oxazole rings is 1. The van der Waals surface area contributed by atoms with Crippen LogP contribution in [0.3, 0.4) is 0 Å². The summed E-state index contributed by atoms with van der Waals surface area (Å²) in [5, 5.41) is 0. The van der Waals surface area contributed by atoms with Crippen LogP contribution in [0, 0.1) is 0 Å². The Morgan fingerprint density at radius 3 is 3.05 bits per heavy atom. The number of nitrogens with zero attached hydrogens (tertiary/aromatic N) is 2. The Hall–Kier alpha value is -1.86. The monoisotopic (exact) mass is 336 g/mol. The van der Waals surface area contributed by atoms with Gasteiger partial charge in [0.1, 0.15) is 16.1 Å². The Kier molecular flexibility index (Phi) is 3.23. The summed E-state index contributed by atoms with van der Waals surface area (Å²) in [4.78, 5) is 18.4. The average molecular weight is 337 g/mol. The molecule has 3 rings (SSSR count). The highest BCUT2D eigenvalue weighted by Gasteiger charge is 2.14. The molecular weight excluding hydrogens is 324 g/mol. The number of halogens is 1. The first-order valence-electron chi connectivity index (χ1n) is 6.14. The molecule has 1 aromatic carbocycles. The molecule has 104 valence electrons. The van der Waals surface area contributed by atoms with E-state index in [4.69, 9.17) is 10.2 Å². The van der Waals surface area contributed by atoms with Crippen molar-refractivity contribution in [3.05, 3.63) is 39.2 Å². The van der Waals surface area contributed by atoms with Crippen molar-refractivity contribution in [2.45, 2.75) is 6.42 Å². The minimum Gasteiger partial charge on any atom is -0.408 e. The number of nitrogens with one attached hydrogen (secondary N) is 1. The zero-order valence-electron chi connectivity index (χ0n) is 10.8. The van der Waals surface area contributed by atoms with Gasteiger partial charge in [0, 0.05) is 19.0 Å². The molecule has 0 saturated heterocycles. The van der Waals surface area contributed by atoms with Gasteiger partial charge < -0.3 is 14.7 Å². The van der Waals surface area contributed by atoms with Crippen LogP contribution >= 0.6 is 15.9 Å². The maximum absolute atomic E-state index is 11.2. The fourth-order valence-corrected chi connectivity index (χ4v) is 2.68. The number of benzene rings is 1. The lowest BCUT2D eigenvalue weighted by Gasteiger charge is -1.99. The summed E-state index contributed by atoms with van der Waals surface area (Å²) in [7, 11) is 1.93. The lowest BCUT2D eigenvalue weighted by Crippen LogP contribution is -2.07. The van der Waals surface area contributed by atoms with Crippen LogP contribution in [-0.4, -0.2) is 21.1 Å². The van der Waals surface area contributed by atoms with Crippen LogP contribution in [0.25, 0.3) is 22.4 Å². The molecule has 0 aliphatic carbocycles. The molecule has 2 heterocycles. The van der Waals surface area contributed by atoms with Gasteiger partial charge in [-0.3, -0.25) is 4.98 Å². The van der Waals surface area contributed by atoms with Crippen molar-refractivity contribution in [2.75, 3.05) is 6.54 Å². The van der Waals surface area contributed by atoms with Gasteiger partial charge in [-0.2, -0.15) is 0 Å². The highest BCUT2D eigenvalue weighted by Crippen LogP contribution is 2.29. The number of hydrogen-bond donors (Lipinski definition) is 2. The van der Waals surface area contributed by atoms with Crippen LogP contribution in [0.1, 0.15) is 5.82 Å². The maximum atomic E-state index is 11.2. The predicted octanol–water partition coefficient (Wildman–Crippen LogP) is 1.79. The molecule has 0 unspecified atom stereocenters. The molecule has 0 radical (unpaired) electrons. The fraction of sp³-hybridized carbons (Fsp3) is 0.231. The van der Waals surface area contributed by atoms with E-state index < -0.39 is 5.76 Å². The largest absolute Gasteiger partial charge is 0.417 e. The molecule has 0 aliphatic rings. The third-order valence-corrected chi connectivity index (χ3v) is 4.09. The number of rotatable bonds is 3. The number of hydrogen-bond acceptors (Lipinski definition) is 4. The van der Waals surface area contributed by atoms with Crippen molar-refractivity contribution >= 4 is 27.0 Å². The third kappa shape index (κ3) is 2.08. The van der Waals surface area contributed by atoms with Gasteiger partial charge in [-0.05, 0) is 40.7 Å². The van der Waals surface area contributed by atoms with Crippen molar-refractivity contribution in [2.24, 2.45) is 12.8 Å². The number of imidazole rings is 1. The zero-order valence-corrected chi connectivity index (χ0v) is 12.4. The normalized spacial score (nSPS) is 11.3. The van der Waals surface area contributed by atoms with Gasteiger partial charge in [0.15, 0.2) is 5.58 Å². The summed E-state index contributed by atoms with van der Waals surface area (Å²) in [5.74, 6) is 0.455. The van der Waals surface area contributed by atoms with Gasteiger partial charge in [0.2, 0.25) is 0 Å². The average Bonchev–Trinajstić information content (AvgIpc) is 2.92. The van der Waals surface area contributed by atoms with E-state index in [-0.39, 0.29) is 0 Å². The van der Waals surface area contributed by atoms with Gasteiger partial charge in [-0.15, -0.1) is 0 Å². The molecule has 0 atom stereocenters. The zero-order chi connectivity index (χ0) is 14.3. The molecular formula is C13H13BrN4O2. The Morgan fingerprint density at radius 1 is 1.50 bits per heavy atom. The fourth-order valence-electron chi connectivity index (χ4n) is 2.16. The summed E-state index contributed by atoms with van der Waals surface area (Å²) in [6.07, 6.45) is 0.708. The Morgan fingerprint density at radius 2 is 2.30 bits per heavy atom. The number of H-pyrrole nitrogens is 1. The number of nitrogens with two attached hydrogens (primary N) is 1. The van der Waals surface area contributed by atoms with E-state index >= 15 is 0 Å². The van der Waals surface area contributed by atoms with Crippen molar-refractivity contribution < 1.29 is 4.42 Å². The minimum atomic E-state index is -0.457. The number of fused-ring (bicyclic) bond motifs is 1. The number of aromatic amines is 1. The summed E-state index contributed by atoms with van der Waals surface area (Å²) < 4.78 is 7.84. The van der Waals surface area contributed by atoms with Gasteiger partial charge in [0.25, 0.3) is 0 Å². The first kappa shape index (κ1) is 13.1. The predicted molar refractivity (Wildman–Crippen MR) is 79.5 cm³/mol. The topological polar surface area (TPSA) is 89.8 Å². The highest BCUT2D eigenvalue weighted by atomic mass is 79.9. The molecule has 0 bridgehead atoms. The molecule has 20 heavy (non-hydrogen) atoms. The summed E-state index contributed by atoms with van der Waals surface area (Å²) in [5.41, 5.74) is 8.50. The molecule has 0 saturated carbocycles. The van der Waals surface area contributed by atoms with E-state index in [0.717, 1.165) is 21.7 Å². The highest BCUT2D eigenvalue weighted by molar-refractivity contribution is 9.10. The lowest BCUT2D eigenvalue weighted by molar-refractivity contribution is 0.555. The molecule has 3 aromatic rings. The van der Waals surface area contributed by atoms with Crippen LogP contribution in [-0.2, 0) is 13.5 Å². The Bertz CT molecular complexity index is 831. The molecule has 0 amide bonds. The third-order valence-electron chi connectivity index (χ3n) is 3.18. The van der Waals surface area contributed by atoms with E-state index in [1.165, 1.54) is 0 Å². The minimum absolute atomic E-state index is 0.457. The van der Waals surface area contributed by atoms with Gasteiger partial charge in [-0.1, -0.05) is 0 Å². The molecule has 7 heteroatoms. The molecule has 0 aliphatic heterocycles. The standard InChI is InChI=1S/C13H13BrN4O2/c1-18-10(4-5-15)17-11(12(18)14)7-2-3-9-8(6-7)16-13(19)20-9/h2-3,6H,4-5,15H2,1H3,(H,16,19). The molecule has 3 N–H and O–H groups in total. The van der Waals surface area contributed by atoms with E-state index in [1.807, 2.05) is 23.7 Å². The molecule has 2 aromatic heterocycles. The molecule has 6 nitrogen and oxygen atoms in total. The van der Waals surface area contributed by atoms with Crippen LogP contribution in [0.2, 0.25) is 0 Å². The number of aromatic nitrogens is 3. The van der Waals surface area contributed by atoms with E-state index in [1.54, 1.807) is 6.07 Å². The maximum Gasteiger partial charge on any atom is 0.417 e. The summed E-state index contributed by atoms with van der Waals surface area (Å²) in [6.45, 7) is 0.546. The SMILES string of the molecule is Cn1c(CCN)nc(-c2ccc3oc(=O)[nH]c3c2)c1Br. The summed E-state index contributed by atoms with van der Waals surface area (Å²) >= 11 is 3.54. The smallest absolute Gasteiger partial charge is 0.408 e. The lowest BCUT2D eigenvalue weighted by atomic mass is 10.1. The summed E-state index contributed by atoms with van der Waals surface area (Å²) in [6, 6.07) is 5.48. The molecule has 0 fully saturated rings. The van der Waals surface area contributed by atoms with Crippen molar-refractivity contribution in [1.29, 1.82) is 0 Å². The quantitative estimate of drug-likeness (QED) is 0.762. The van der Waals surface area contributed by atoms with Gasteiger partial charge >= 0.3 is 5.76 Å². The van der Waals surface area contributed by atoms with Gasteiger partial charge in [-0.25, -0.2) is 9.78 Å². The first-order chi connectivity index (χ1) is 9.60. The van der Waals surface area contributed by atoms with Crippen LogP contribution in [0.4, 0.5) is 0 Å². The van der Waals surface area contributed by atoms with Crippen LogP contribution in [0.5, 0.6) is 0 Å². The second-order valence-corrected chi connectivity index (χ2v) is 5.24. The van der Waals surface area contributed by atoms with Crippen molar-refractivity contribution in [1.82, 2.24) is 14.5 Å². The van der Waals surface area contributed by atoms with Crippen molar-refractivity contribution in [3.8, 4) is 11.3 Å². The van der Waals surface area contributed by atoms with Crippen LogP contribution < -0.4 is 11.5 Å². The van der Waals surface area contributed by atoms with E-state index in [2.05, 4.69) is 25.9 Å². The van der Waals surface area contributed by atoms with E-state index in [9.17, 15) is 4.79 Å².